The highest BCUT2D eigenvalue weighted by Gasteiger charge is 2.30. The first-order valence-corrected chi connectivity index (χ1v) is 8.55. The number of hydrogen-bond acceptors (Lipinski definition) is 5. The van der Waals surface area contributed by atoms with Gasteiger partial charge < -0.3 is 24.0 Å². The summed E-state index contributed by atoms with van der Waals surface area (Å²) in [5.74, 6) is 1.15. The van der Waals surface area contributed by atoms with Crippen molar-refractivity contribution in [3.8, 4) is 11.5 Å². The smallest absolute Gasteiger partial charge is 0.319 e. The molecule has 2 aliphatic heterocycles. The minimum atomic E-state index is -0.198. The van der Waals surface area contributed by atoms with Crippen molar-refractivity contribution in [3.05, 3.63) is 24.3 Å². The first-order chi connectivity index (χ1) is 12.1. The van der Waals surface area contributed by atoms with Crippen LogP contribution in [0.2, 0.25) is 0 Å². The van der Waals surface area contributed by atoms with Crippen molar-refractivity contribution in [1.29, 1.82) is 0 Å². The Kier molecular flexibility index (Phi) is 5.31. The summed E-state index contributed by atoms with van der Waals surface area (Å²) in [5, 5.41) is 0. The zero-order valence-electron chi connectivity index (χ0n) is 14.6. The third kappa shape index (κ3) is 3.97. The lowest BCUT2D eigenvalue weighted by molar-refractivity contribution is -0.146. The SMILES string of the molecule is COC(=O)C1CCN(C(=O)N(C)CC2COc3ccccc3O2)CC1. The Bertz CT molecular complexity index is 628. The molecule has 7 heteroatoms. The van der Waals surface area contributed by atoms with Crippen molar-refractivity contribution >= 4 is 12.0 Å². The van der Waals surface area contributed by atoms with Crippen molar-refractivity contribution < 1.29 is 23.8 Å². The van der Waals surface area contributed by atoms with Crippen LogP contribution in [0.1, 0.15) is 12.8 Å². The van der Waals surface area contributed by atoms with Gasteiger partial charge in [0, 0.05) is 20.1 Å². The van der Waals surface area contributed by atoms with E-state index in [0.29, 0.717) is 44.8 Å². The molecule has 1 aromatic rings. The van der Waals surface area contributed by atoms with Gasteiger partial charge in [-0.2, -0.15) is 0 Å². The molecule has 2 aliphatic rings. The molecule has 1 saturated heterocycles. The van der Waals surface area contributed by atoms with Crippen LogP contribution in [0, 0.1) is 5.92 Å². The molecule has 2 heterocycles. The zero-order chi connectivity index (χ0) is 17.8. The maximum atomic E-state index is 12.6. The number of para-hydroxylation sites is 2. The van der Waals surface area contributed by atoms with Gasteiger partial charge in [0.25, 0.3) is 0 Å². The number of hydrogen-bond donors (Lipinski definition) is 0. The Hall–Kier alpha value is -2.44. The van der Waals surface area contributed by atoms with E-state index in [4.69, 9.17) is 14.2 Å². The maximum Gasteiger partial charge on any atom is 0.319 e. The highest BCUT2D eigenvalue weighted by molar-refractivity contribution is 5.76. The number of urea groups is 1. The number of fused-ring (bicyclic) bond motifs is 1. The number of piperidine rings is 1. The minimum absolute atomic E-state index is 0.0502. The number of amides is 2. The summed E-state index contributed by atoms with van der Waals surface area (Å²) < 4.78 is 16.4. The maximum absolute atomic E-state index is 12.6. The van der Waals surface area contributed by atoms with Gasteiger partial charge in [-0.05, 0) is 25.0 Å². The number of likely N-dealkylation sites (tertiary alicyclic amines) is 1. The first kappa shape index (κ1) is 17.4. The van der Waals surface area contributed by atoms with Crippen molar-refractivity contribution in [2.24, 2.45) is 5.92 Å². The van der Waals surface area contributed by atoms with Gasteiger partial charge in [0.15, 0.2) is 17.6 Å². The van der Waals surface area contributed by atoms with Crippen LogP contribution in [0.25, 0.3) is 0 Å². The summed E-state index contributed by atoms with van der Waals surface area (Å²) in [7, 11) is 3.16. The molecule has 1 unspecified atom stereocenters. The van der Waals surface area contributed by atoms with Crippen LogP contribution in [0.15, 0.2) is 24.3 Å². The number of benzene rings is 1. The molecule has 1 fully saturated rings. The van der Waals surface area contributed by atoms with E-state index in [1.807, 2.05) is 24.3 Å². The predicted molar refractivity (Wildman–Crippen MR) is 90.7 cm³/mol. The molecule has 7 nitrogen and oxygen atoms in total. The zero-order valence-corrected chi connectivity index (χ0v) is 14.6. The Morgan fingerprint density at radius 3 is 2.60 bits per heavy atom. The largest absolute Gasteiger partial charge is 0.486 e. The Morgan fingerprint density at radius 2 is 1.92 bits per heavy atom. The van der Waals surface area contributed by atoms with Crippen LogP contribution < -0.4 is 9.47 Å². The fourth-order valence-electron chi connectivity index (χ4n) is 3.25. The molecule has 136 valence electrons. The second-order valence-electron chi connectivity index (χ2n) is 6.45. The lowest BCUT2D eigenvalue weighted by atomic mass is 9.97. The number of likely N-dealkylation sites (N-methyl/N-ethyl adjacent to an activating group) is 1. The molecule has 0 N–H and O–H groups in total. The number of rotatable bonds is 3. The Balaban J connectivity index is 1.50. The van der Waals surface area contributed by atoms with Crippen LogP contribution in [0.3, 0.4) is 0 Å². The summed E-state index contributed by atoms with van der Waals surface area (Å²) in [6.07, 6.45) is 1.09. The summed E-state index contributed by atoms with van der Waals surface area (Å²) in [6.45, 7) is 1.99. The third-order valence-corrected chi connectivity index (χ3v) is 4.67. The molecule has 0 aromatic heterocycles. The van der Waals surface area contributed by atoms with Gasteiger partial charge >= 0.3 is 12.0 Å². The van der Waals surface area contributed by atoms with Gasteiger partial charge in [0.05, 0.1) is 19.6 Å². The average Bonchev–Trinajstić information content (AvgIpc) is 2.66. The number of carbonyl (C=O) groups is 2. The molecular formula is C18H24N2O5. The van der Waals surface area contributed by atoms with Crippen molar-refractivity contribution in [3.63, 3.8) is 0 Å². The molecule has 1 atom stereocenters. The molecule has 3 rings (SSSR count). The first-order valence-electron chi connectivity index (χ1n) is 8.55. The third-order valence-electron chi connectivity index (χ3n) is 4.67. The molecule has 0 aliphatic carbocycles. The van der Waals surface area contributed by atoms with E-state index < -0.39 is 0 Å². The topological polar surface area (TPSA) is 68.3 Å². The molecular weight excluding hydrogens is 324 g/mol. The van der Waals surface area contributed by atoms with Crippen molar-refractivity contribution in [2.75, 3.05) is 40.4 Å². The van der Waals surface area contributed by atoms with Gasteiger partial charge in [-0.1, -0.05) is 12.1 Å². The quantitative estimate of drug-likeness (QED) is 0.779. The number of nitrogens with zero attached hydrogens (tertiary/aromatic N) is 2. The summed E-state index contributed by atoms with van der Waals surface area (Å²) >= 11 is 0. The van der Waals surface area contributed by atoms with Crippen LogP contribution in [0.4, 0.5) is 4.79 Å². The standard InChI is InChI=1S/C18H24N2O5/c1-19(11-14-12-24-15-5-3-4-6-16(15)25-14)18(22)20-9-7-13(8-10-20)17(21)23-2/h3-6,13-14H,7-12H2,1-2H3. The summed E-state index contributed by atoms with van der Waals surface area (Å²) in [6, 6.07) is 7.47. The molecule has 0 bridgehead atoms. The number of ether oxygens (including phenoxy) is 3. The van der Waals surface area contributed by atoms with Crippen LogP contribution in [-0.4, -0.2) is 68.3 Å². The van der Waals surface area contributed by atoms with Gasteiger partial charge in [0.2, 0.25) is 0 Å². The number of carbonyl (C=O) groups excluding carboxylic acids is 2. The molecule has 0 saturated carbocycles. The molecule has 0 radical (unpaired) electrons. The normalized spacial score (nSPS) is 20.1. The van der Waals surface area contributed by atoms with Gasteiger partial charge in [-0.15, -0.1) is 0 Å². The van der Waals surface area contributed by atoms with Gasteiger partial charge in [0.1, 0.15) is 6.61 Å². The summed E-state index contributed by atoms with van der Waals surface area (Å²) in [5.41, 5.74) is 0. The highest BCUT2D eigenvalue weighted by atomic mass is 16.6. The van der Waals surface area contributed by atoms with E-state index in [0.717, 1.165) is 5.75 Å². The predicted octanol–water partition coefficient (Wildman–Crippen LogP) is 1.76. The lowest BCUT2D eigenvalue weighted by Gasteiger charge is -2.35. The molecule has 0 spiro atoms. The summed E-state index contributed by atoms with van der Waals surface area (Å²) in [4.78, 5) is 27.6. The lowest BCUT2D eigenvalue weighted by Crippen LogP contribution is -2.49. The van der Waals surface area contributed by atoms with E-state index in [2.05, 4.69) is 0 Å². The van der Waals surface area contributed by atoms with Crippen LogP contribution in [-0.2, 0) is 9.53 Å². The monoisotopic (exact) mass is 348 g/mol. The van der Waals surface area contributed by atoms with E-state index in [-0.39, 0.29) is 24.0 Å². The minimum Gasteiger partial charge on any atom is -0.486 e. The van der Waals surface area contributed by atoms with Crippen molar-refractivity contribution in [1.82, 2.24) is 9.80 Å². The second kappa shape index (κ2) is 7.63. The highest BCUT2D eigenvalue weighted by Crippen LogP contribution is 2.31. The fourth-order valence-corrected chi connectivity index (χ4v) is 3.25. The fraction of sp³-hybridized carbons (Fsp3) is 0.556. The van der Waals surface area contributed by atoms with Gasteiger partial charge in [-0.25, -0.2) is 4.79 Å². The number of esters is 1. The van der Waals surface area contributed by atoms with Gasteiger partial charge in [-0.3, -0.25) is 4.79 Å². The van der Waals surface area contributed by atoms with Crippen LogP contribution >= 0.6 is 0 Å². The molecule has 25 heavy (non-hydrogen) atoms. The molecule has 1 aromatic carbocycles. The Morgan fingerprint density at radius 1 is 1.24 bits per heavy atom. The van der Waals surface area contributed by atoms with Crippen molar-refractivity contribution in [2.45, 2.75) is 18.9 Å². The Labute approximate surface area is 147 Å². The van der Waals surface area contributed by atoms with E-state index in [1.54, 1.807) is 16.8 Å². The van der Waals surface area contributed by atoms with E-state index in [1.165, 1.54) is 7.11 Å². The second-order valence-corrected chi connectivity index (χ2v) is 6.45. The molecule has 2 amide bonds. The average molecular weight is 348 g/mol. The van der Waals surface area contributed by atoms with Crippen LogP contribution in [0.5, 0.6) is 11.5 Å². The van der Waals surface area contributed by atoms with E-state index >= 15 is 0 Å². The number of methoxy groups -OCH3 is 1. The van der Waals surface area contributed by atoms with E-state index in [9.17, 15) is 9.59 Å².